The third kappa shape index (κ3) is 3.73. The molecule has 0 saturated carbocycles. The lowest BCUT2D eigenvalue weighted by Crippen LogP contribution is -2.54. The van der Waals surface area contributed by atoms with Crippen LogP contribution >= 0.6 is 12.2 Å². The highest BCUT2D eigenvalue weighted by molar-refractivity contribution is 7.80. The number of carbonyl (C=O) groups excluding carboxylic acids is 2. The first-order valence-corrected chi connectivity index (χ1v) is 11.3. The number of nitrogens with zero attached hydrogens (tertiary/aromatic N) is 2. The lowest BCUT2D eigenvalue weighted by atomic mass is 9.79. The predicted octanol–water partition coefficient (Wildman–Crippen LogP) is 4.86. The number of hydrogen-bond donors (Lipinski definition) is 1. The lowest BCUT2D eigenvalue weighted by Gasteiger charge is -2.45. The zero-order valence-corrected chi connectivity index (χ0v) is 20.3. The van der Waals surface area contributed by atoms with Crippen LogP contribution in [0.3, 0.4) is 0 Å². The van der Waals surface area contributed by atoms with Crippen LogP contribution in [0, 0.1) is 13.8 Å². The fraction of sp³-hybridized carbons (Fsp3) is 0.346. The lowest BCUT2D eigenvalue weighted by molar-refractivity contribution is -0.122. The van der Waals surface area contributed by atoms with Crippen molar-refractivity contribution in [2.75, 3.05) is 16.8 Å². The molecule has 0 unspecified atom stereocenters. The van der Waals surface area contributed by atoms with Crippen molar-refractivity contribution in [3.63, 3.8) is 0 Å². The highest BCUT2D eigenvalue weighted by Crippen LogP contribution is 2.43. The molecule has 32 heavy (non-hydrogen) atoms. The Labute approximate surface area is 195 Å². The van der Waals surface area contributed by atoms with Gasteiger partial charge in [0.05, 0.1) is 5.69 Å². The van der Waals surface area contributed by atoms with E-state index in [1.54, 1.807) is 6.08 Å². The molecule has 2 amide bonds. The first kappa shape index (κ1) is 22.2. The molecule has 5 nitrogen and oxygen atoms in total. The maximum Gasteiger partial charge on any atom is 0.270 e. The van der Waals surface area contributed by atoms with Gasteiger partial charge in [0.1, 0.15) is 5.57 Å². The minimum absolute atomic E-state index is 0.0717. The Kier molecular flexibility index (Phi) is 5.45. The summed E-state index contributed by atoms with van der Waals surface area (Å²) in [6.07, 6.45) is 2.73. The van der Waals surface area contributed by atoms with Crippen molar-refractivity contribution in [1.29, 1.82) is 0 Å². The Balaban J connectivity index is 1.77. The van der Waals surface area contributed by atoms with Crippen molar-refractivity contribution in [1.82, 2.24) is 5.32 Å². The normalized spacial score (nSPS) is 21.6. The van der Waals surface area contributed by atoms with Crippen LogP contribution in [-0.2, 0) is 9.59 Å². The van der Waals surface area contributed by atoms with Crippen LogP contribution in [0.25, 0.3) is 6.08 Å². The summed E-state index contributed by atoms with van der Waals surface area (Å²) in [6.45, 7) is 10.7. The average Bonchev–Trinajstić information content (AvgIpc) is 2.71. The Morgan fingerprint density at radius 3 is 2.44 bits per heavy atom. The summed E-state index contributed by atoms with van der Waals surface area (Å²) in [5.41, 5.74) is 6.20. The van der Waals surface area contributed by atoms with Crippen LogP contribution in [0.1, 0.15) is 55.4 Å². The monoisotopic (exact) mass is 447 g/mol. The number of fused-ring (bicyclic) bond motifs is 1. The van der Waals surface area contributed by atoms with Crippen molar-refractivity contribution >= 4 is 46.6 Å². The third-order valence-electron chi connectivity index (χ3n) is 6.72. The molecular weight excluding hydrogens is 418 g/mol. The SMILES string of the molecule is Cc1ccc(N2C(=O)/C(=C/c3cc4c(cc3C)N(C)C(C)(C)C[C@H]4C)C(=O)NC2=S)cc1. The van der Waals surface area contributed by atoms with E-state index in [0.29, 0.717) is 11.6 Å². The Morgan fingerprint density at radius 2 is 1.78 bits per heavy atom. The fourth-order valence-corrected chi connectivity index (χ4v) is 4.91. The largest absolute Gasteiger partial charge is 0.369 e. The van der Waals surface area contributed by atoms with E-state index in [4.69, 9.17) is 12.2 Å². The molecule has 0 bridgehead atoms. The quantitative estimate of drug-likeness (QED) is 0.406. The summed E-state index contributed by atoms with van der Waals surface area (Å²) >= 11 is 5.31. The van der Waals surface area contributed by atoms with Gasteiger partial charge in [-0.3, -0.25) is 19.8 Å². The van der Waals surface area contributed by atoms with Gasteiger partial charge in [0.15, 0.2) is 5.11 Å². The first-order valence-electron chi connectivity index (χ1n) is 10.9. The van der Waals surface area contributed by atoms with Gasteiger partial charge in [-0.15, -0.1) is 0 Å². The summed E-state index contributed by atoms with van der Waals surface area (Å²) in [4.78, 5) is 29.8. The van der Waals surface area contributed by atoms with Crippen molar-refractivity contribution in [2.45, 2.75) is 52.5 Å². The van der Waals surface area contributed by atoms with Gasteiger partial charge in [0.2, 0.25) is 0 Å². The number of anilines is 2. The van der Waals surface area contributed by atoms with Gasteiger partial charge in [-0.05, 0) is 99.3 Å². The van der Waals surface area contributed by atoms with Crippen LogP contribution < -0.4 is 15.1 Å². The van der Waals surface area contributed by atoms with E-state index >= 15 is 0 Å². The molecule has 2 heterocycles. The first-order chi connectivity index (χ1) is 15.0. The average molecular weight is 448 g/mol. The Morgan fingerprint density at radius 1 is 1.12 bits per heavy atom. The van der Waals surface area contributed by atoms with E-state index in [2.05, 4.69) is 50.2 Å². The predicted molar refractivity (Wildman–Crippen MR) is 134 cm³/mol. The Bertz CT molecular complexity index is 1160. The van der Waals surface area contributed by atoms with Crippen LogP contribution in [-0.4, -0.2) is 29.5 Å². The molecule has 2 aromatic carbocycles. The number of rotatable bonds is 2. The van der Waals surface area contributed by atoms with Crippen molar-refractivity contribution in [3.8, 4) is 0 Å². The van der Waals surface area contributed by atoms with Gasteiger partial charge < -0.3 is 4.90 Å². The smallest absolute Gasteiger partial charge is 0.270 e. The highest BCUT2D eigenvalue weighted by atomic mass is 32.1. The zero-order chi connectivity index (χ0) is 23.4. The zero-order valence-electron chi connectivity index (χ0n) is 19.4. The van der Waals surface area contributed by atoms with Gasteiger partial charge in [-0.25, -0.2) is 0 Å². The minimum Gasteiger partial charge on any atom is -0.369 e. The molecule has 6 heteroatoms. The highest BCUT2D eigenvalue weighted by Gasteiger charge is 2.36. The minimum atomic E-state index is -0.466. The number of nitrogens with one attached hydrogen (secondary N) is 1. The third-order valence-corrected chi connectivity index (χ3v) is 7.00. The molecule has 0 aliphatic carbocycles. The van der Waals surface area contributed by atoms with E-state index in [1.165, 1.54) is 16.2 Å². The molecule has 4 rings (SSSR count). The number of aryl methyl sites for hydroxylation is 2. The second kappa shape index (κ2) is 7.85. The molecular formula is C26H29N3O2S. The van der Waals surface area contributed by atoms with E-state index in [9.17, 15) is 9.59 Å². The van der Waals surface area contributed by atoms with Crippen LogP contribution in [0.15, 0.2) is 42.0 Å². The molecule has 1 N–H and O–H groups in total. The molecule has 166 valence electrons. The number of amides is 2. The maximum atomic E-state index is 13.3. The van der Waals surface area contributed by atoms with Crippen molar-refractivity contribution < 1.29 is 9.59 Å². The second-order valence-electron chi connectivity index (χ2n) is 9.54. The van der Waals surface area contributed by atoms with E-state index in [0.717, 1.165) is 23.1 Å². The summed E-state index contributed by atoms with van der Waals surface area (Å²) in [5, 5.41) is 2.77. The number of hydrogen-bond acceptors (Lipinski definition) is 4. The summed E-state index contributed by atoms with van der Waals surface area (Å²) < 4.78 is 0. The van der Waals surface area contributed by atoms with E-state index in [-0.39, 0.29) is 16.2 Å². The second-order valence-corrected chi connectivity index (χ2v) is 9.92. The standard InChI is InChI=1S/C26H29N3O2S/c1-15-7-9-19(10-8-15)29-24(31)21(23(30)27-25(29)32)13-18-12-20-17(3)14-26(4,5)28(6)22(20)11-16(18)2/h7-13,17H,14H2,1-6H3,(H,27,30,32)/b21-13+/t17-/m1/s1. The molecule has 2 aromatic rings. The number of benzene rings is 2. The van der Waals surface area contributed by atoms with Gasteiger partial charge in [0.25, 0.3) is 11.8 Å². The summed E-state index contributed by atoms with van der Waals surface area (Å²) in [6, 6.07) is 11.8. The Hall–Kier alpha value is -2.99. The maximum absolute atomic E-state index is 13.3. The van der Waals surface area contributed by atoms with Gasteiger partial charge in [-0.2, -0.15) is 0 Å². The molecule has 0 spiro atoms. The summed E-state index contributed by atoms with van der Waals surface area (Å²) in [5.74, 6) is -0.501. The molecule has 1 fully saturated rings. The van der Waals surface area contributed by atoms with E-state index in [1.807, 2.05) is 38.1 Å². The molecule has 1 saturated heterocycles. The summed E-state index contributed by atoms with van der Waals surface area (Å²) in [7, 11) is 2.13. The van der Waals surface area contributed by atoms with Crippen LogP contribution in [0.2, 0.25) is 0 Å². The molecule has 1 atom stereocenters. The molecule has 2 aliphatic rings. The molecule has 0 aromatic heterocycles. The van der Waals surface area contributed by atoms with Gasteiger partial charge >= 0.3 is 0 Å². The molecule has 2 aliphatic heterocycles. The topological polar surface area (TPSA) is 52.7 Å². The number of carbonyl (C=O) groups is 2. The number of thiocarbonyl (C=S) groups is 1. The van der Waals surface area contributed by atoms with Gasteiger partial charge in [-0.1, -0.05) is 24.6 Å². The van der Waals surface area contributed by atoms with Crippen LogP contribution in [0.4, 0.5) is 11.4 Å². The van der Waals surface area contributed by atoms with Gasteiger partial charge in [0, 0.05) is 18.3 Å². The van der Waals surface area contributed by atoms with Crippen molar-refractivity contribution in [3.05, 3.63) is 64.2 Å². The van der Waals surface area contributed by atoms with Crippen molar-refractivity contribution in [2.24, 2.45) is 0 Å². The fourth-order valence-electron chi connectivity index (χ4n) is 4.63. The van der Waals surface area contributed by atoms with E-state index < -0.39 is 11.8 Å². The molecule has 0 radical (unpaired) electrons. The van der Waals surface area contributed by atoms with Crippen LogP contribution in [0.5, 0.6) is 0 Å².